The van der Waals surface area contributed by atoms with Gasteiger partial charge >= 0.3 is 0 Å². The number of para-hydroxylation sites is 1. The first-order valence-electron chi connectivity index (χ1n) is 7.56. The number of benzene rings is 1. The highest BCUT2D eigenvalue weighted by molar-refractivity contribution is 5.49. The van der Waals surface area contributed by atoms with Crippen LogP contribution < -0.4 is 4.90 Å². The van der Waals surface area contributed by atoms with Gasteiger partial charge in [-0.05, 0) is 38.3 Å². The molecule has 0 fully saturated rings. The fourth-order valence-electron chi connectivity index (χ4n) is 3.18. The molecule has 0 saturated carbocycles. The van der Waals surface area contributed by atoms with E-state index in [1.165, 1.54) is 16.2 Å². The molecule has 2 nitrogen and oxygen atoms in total. The Kier molecular flexibility index (Phi) is 4.69. The molecule has 0 bridgehead atoms. The van der Waals surface area contributed by atoms with Crippen molar-refractivity contribution in [3.05, 3.63) is 66.4 Å². The van der Waals surface area contributed by atoms with E-state index in [0.717, 1.165) is 0 Å². The molecule has 1 aliphatic heterocycles. The van der Waals surface area contributed by atoms with Crippen LogP contribution in [0.3, 0.4) is 0 Å². The monoisotopic (exact) mass is 283 g/mol. The third-order valence-electron chi connectivity index (χ3n) is 4.31. The fourth-order valence-corrected chi connectivity index (χ4v) is 3.18. The normalized spacial score (nSPS) is 24.2. The van der Waals surface area contributed by atoms with Gasteiger partial charge < -0.3 is 4.90 Å². The number of nitrogens with one attached hydrogen (secondary N) is 1. The summed E-state index contributed by atoms with van der Waals surface area (Å²) >= 11 is 0. The maximum Gasteiger partial charge on any atom is 0.135 e. The minimum absolute atomic E-state index is 0.171. The predicted molar refractivity (Wildman–Crippen MR) is 90.9 cm³/mol. The Hall–Kier alpha value is -1.80. The minimum Gasteiger partial charge on any atom is -0.383 e. The third kappa shape index (κ3) is 3.27. The molecule has 2 rings (SSSR count). The first kappa shape index (κ1) is 15.6. The molecule has 2 atom stereocenters. The van der Waals surface area contributed by atoms with E-state index in [2.05, 4.69) is 75.5 Å². The summed E-state index contributed by atoms with van der Waals surface area (Å²) in [6.45, 7) is 4.68. The van der Waals surface area contributed by atoms with E-state index in [-0.39, 0.29) is 5.41 Å². The largest absolute Gasteiger partial charge is 0.383 e. The highest BCUT2D eigenvalue weighted by Crippen LogP contribution is 2.36. The molecule has 0 saturated heterocycles. The van der Waals surface area contributed by atoms with Crippen molar-refractivity contribution in [2.24, 2.45) is 0 Å². The molecule has 2 heteroatoms. The van der Waals surface area contributed by atoms with Gasteiger partial charge in [-0.15, -0.1) is 0 Å². The van der Waals surface area contributed by atoms with Crippen LogP contribution in [0.4, 0.5) is 5.69 Å². The van der Waals surface area contributed by atoms with Gasteiger partial charge in [-0.25, -0.2) is 0 Å². The Labute approximate surface area is 129 Å². The van der Waals surface area contributed by atoms with Gasteiger partial charge in [0.2, 0.25) is 0 Å². The second kappa shape index (κ2) is 6.31. The molecule has 0 spiro atoms. The molecule has 0 aliphatic carbocycles. The molecule has 1 heterocycles. The predicted octanol–water partition coefficient (Wildman–Crippen LogP) is 2.68. The van der Waals surface area contributed by atoms with Crippen molar-refractivity contribution in [1.29, 1.82) is 0 Å². The van der Waals surface area contributed by atoms with Gasteiger partial charge in [-0.3, -0.25) is 4.90 Å². The third-order valence-corrected chi connectivity index (χ3v) is 4.31. The summed E-state index contributed by atoms with van der Waals surface area (Å²) in [6, 6.07) is 9.26. The molecule has 112 valence electrons. The first-order chi connectivity index (χ1) is 9.94. The lowest BCUT2D eigenvalue weighted by molar-refractivity contribution is -0.828. The van der Waals surface area contributed by atoms with Crippen LogP contribution in [-0.2, 0) is 5.41 Å². The molecule has 1 aliphatic rings. The van der Waals surface area contributed by atoms with Crippen molar-refractivity contribution in [2.75, 3.05) is 21.1 Å². The fraction of sp³-hybridized carbons (Fsp3) is 0.368. The molecule has 2 unspecified atom stereocenters. The maximum absolute atomic E-state index is 2.34. The van der Waals surface area contributed by atoms with Crippen molar-refractivity contribution in [1.82, 2.24) is 4.90 Å². The zero-order valence-corrected chi connectivity index (χ0v) is 13.8. The summed E-state index contributed by atoms with van der Waals surface area (Å²) in [5, 5.41) is 0. The van der Waals surface area contributed by atoms with Crippen molar-refractivity contribution >= 4 is 5.69 Å². The van der Waals surface area contributed by atoms with Crippen LogP contribution in [0.5, 0.6) is 0 Å². The summed E-state index contributed by atoms with van der Waals surface area (Å²) in [4.78, 5) is 3.51. The van der Waals surface area contributed by atoms with Gasteiger partial charge in [0.15, 0.2) is 0 Å². The Morgan fingerprint density at radius 1 is 1.05 bits per heavy atom. The van der Waals surface area contributed by atoms with Gasteiger partial charge in [0, 0.05) is 19.7 Å². The van der Waals surface area contributed by atoms with Gasteiger partial charge in [-0.2, -0.15) is 0 Å². The lowest BCUT2D eigenvalue weighted by Crippen LogP contribution is -3.07. The summed E-state index contributed by atoms with van der Waals surface area (Å²) in [5.41, 5.74) is 3.06. The summed E-state index contributed by atoms with van der Waals surface area (Å²) in [5.74, 6) is 0. The zero-order chi connectivity index (χ0) is 15.5. The van der Waals surface area contributed by atoms with Crippen LogP contribution in [0.25, 0.3) is 0 Å². The molecule has 0 amide bonds. The lowest BCUT2D eigenvalue weighted by Gasteiger charge is -2.25. The number of allylic oxidation sites excluding steroid dienone is 4. The van der Waals surface area contributed by atoms with Crippen molar-refractivity contribution in [2.45, 2.75) is 25.3 Å². The van der Waals surface area contributed by atoms with Gasteiger partial charge in [0.05, 0.1) is 12.5 Å². The molecule has 0 radical (unpaired) electrons. The van der Waals surface area contributed by atoms with Gasteiger partial charge in [0.25, 0.3) is 0 Å². The highest BCUT2D eigenvalue weighted by atomic mass is 15.2. The SMILES string of the molecule is CN(C)/C=C/C=C/C=C/C1[NH+](C)c2ccccc2C1(C)C. The standard InChI is InChI=1S/C19H26N2/c1-19(2)16-12-9-10-13-17(16)21(5)18(19)14-8-6-7-11-15-20(3)4/h6-15,18H,1-5H3/p+1/b7-6+,14-8+,15-11+. The van der Waals surface area contributed by atoms with Gasteiger partial charge in [-0.1, -0.05) is 36.4 Å². The number of quaternary nitrogens is 1. The molecule has 1 aromatic carbocycles. The Morgan fingerprint density at radius 2 is 1.71 bits per heavy atom. The van der Waals surface area contributed by atoms with E-state index in [9.17, 15) is 0 Å². The molecule has 1 aromatic rings. The maximum atomic E-state index is 2.34. The van der Waals surface area contributed by atoms with Crippen molar-refractivity contribution < 1.29 is 4.90 Å². The number of likely N-dealkylation sites (N-methyl/N-ethyl adjacent to an activating group) is 1. The lowest BCUT2D eigenvalue weighted by atomic mass is 9.80. The molecule has 21 heavy (non-hydrogen) atoms. The van der Waals surface area contributed by atoms with E-state index in [4.69, 9.17) is 0 Å². The van der Waals surface area contributed by atoms with E-state index >= 15 is 0 Å². The molecule has 1 N–H and O–H groups in total. The van der Waals surface area contributed by atoms with Crippen LogP contribution in [0.2, 0.25) is 0 Å². The van der Waals surface area contributed by atoms with Crippen LogP contribution in [0, 0.1) is 0 Å². The van der Waals surface area contributed by atoms with E-state index in [0.29, 0.717) is 6.04 Å². The summed E-state index contributed by atoms with van der Waals surface area (Å²) in [7, 11) is 6.31. The Balaban J connectivity index is 2.12. The average molecular weight is 283 g/mol. The number of hydrogen-bond donors (Lipinski definition) is 1. The molecular formula is C19H27N2+. The second-order valence-electron chi connectivity index (χ2n) is 6.50. The summed E-state index contributed by atoms with van der Waals surface area (Å²) in [6.07, 6.45) is 12.8. The smallest absolute Gasteiger partial charge is 0.135 e. The molecule has 0 aromatic heterocycles. The first-order valence-corrected chi connectivity index (χ1v) is 7.56. The van der Waals surface area contributed by atoms with Crippen LogP contribution in [-0.4, -0.2) is 32.1 Å². The van der Waals surface area contributed by atoms with Crippen molar-refractivity contribution in [3.8, 4) is 0 Å². The quantitative estimate of drug-likeness (QED) is 0.835. The van der Waals surface area contributed by atoms with E-state index in [1.807, 2.05) is 25.2 Å². The highest BCUT2D eigenvalue weighted by Gasteiger charge is 2.45. The number of rotatable bonds is 4. The van der Waals surface area contributed by atoms with Crippen LogP contribution in [0.15, 0.2) is 60.8 Å². The zero-order valence-electron chi connectivity index (χ0n) is 13.8. The summed E-state index contributed by atoms with van der Waals surface area (Å²) < 4.78 is 0. The number of fused-ring (bicyclic) bond motifs is 1. The number of hydrogen-bond acceptors (Lipinski definition) is 1. The van der Waals surface area contributed by atoms with E-state index < -0.39 is 0 Å². The van der Waals surface area contributed by atoms with E-state index in [1.54, 1.807) is 0 Å². The second-order valence-corrected chi connectivity index (χ2v) is 6.50. The minimum atomic E-state index is 0.171. The molecular weight excluding hydrogens is 256 g/mol. The van der Waals surface area contributed by atoms with Crippen LogP contribution >= 0.6 is 0 Å². The Morgan fingerprint density at radius 3 is 2.38 bits per heavy atom. The number of nitrogens with zero attached hydrogens (tertiary/aromatic N) is 1. The average Bonchev–Trinajstić information content (AvgIpc) is 2.63. The van der Waals surface area contributed by atoms with Gasteiger partial charge in [0.1, 0.15) is 11.7 Å². The topological polar surface area (TPSA) is 7.68 Å². The van der Waals surface area contributed by atoms with Crippen molar-refractivity contribution in [3.63, 3.8) is 0 Å². The Bertz CT molecular complexity index is 565. The van der Waals surface area contributed by atoms with Crippen LogP contribution in [0.1, 0.15) is 19.4 Å².